The fourth-order valence-electron chi connectivity index (χ4n) is 3.02. The maximum atomic E-state index is 12.3. The van der Waals surface area contributed by atoms with Gasteiger partial charge in [0.15, 0.2) is 0 Å². The van der Waals surface area contributed by atoms with Crippen molar-refractivity contribution in [2.75, 3.05) is 13.1 Å². The molecule has 0 aliphatic heterocycles. The van der Waals surface area contributed by atoms with Crippen LogP contribution in [0.3, 0.4) is 0 Å². The Labute approximate surface area is 118 Å². The van der Waals surface area contributed by atoms with Crippen molar-refractivity contribution in [2.45, 2.75) is 58.8 Å². The Hall–Kier alpha value is -0.280. The summed E-state index contributed by atoms with van der Waals surface area (Å²) < 4.78 is 0. The zero-order valence-electron chi connectivity index (χ0n) is 11.8. The topological polar surface area (TPSA) is 55.1 Å². The molecule has 3 nitrogen and oxygen atoms in total. The predicted molar refractivity (Wildman–Crippen MR) is 78.9 cm³/mol. The van der Waals surface area contributed by atoms with Crippen molar-refractivity contribution >= 4 is 18.3 Å². The summed E-state index contributed by atoms with van der Waals surface area (Å²) in [7, 11) is 0. The van der Waals surface area contributed by atoms with Crippen LogP contribution in [0.25, 0.3) is 0 Å². The molecule has 0 aromatic rings. The molecule has 0 spiro atoms. The number of unbranched alkanes of at least 4 members (excludes halogenated alkanes) is 1. The molecule has 0 aromatic carbocycles. The van der Waals surface area contributed by atoms with Crippen LogP contribution in [0.5, 0.6) is 0 Å². The summed E-state index contributed by atoms with van der Waals surface area (Å²) in [6, 6.07) is 0. The highest BCUT2D eigenvalue weighted by molar-refractivity contribution is 5.85. The molecule has 1 aliphatic carbocycles. The maximum absolute atomic E-state index is 12.3. The van der Waals surface area contributed by atoms with Gasteiger partial charge in [0.05, 0.1) is 0 Å². The second-order valence-corrected chi connectivity index (χ2v) is 5.84. The molecule has 1 rings (SSSR count). The average Bonchev–Trinajstić information content (AvgIpc) is 2.73. The molecule has 4 heteroatoms. The maximum Gasteiger partial charge on any atom is 0.226 e. The zero-order chi connectivity index (χ0) is 12.7. The fourth-order valence-corrected chi connectivity index (χ4v) is 3.02. The molecule has 0 unspecified atom stereocenters. The van der Waals surface area contributed by atoms with E-state index in [1.54, 1.807) is 0 Å². The molecular weight excluding hydrogens is 248 g/mol. The lowest BCUT2D eigenvalue weighted by atomic mass is 9.77. The van der Waals surface area contributed by atoms with E-state index in [9.17, 15) is 4.79 Å². The van der Waals surface area contributed by atoms with Gasteiger partial charge in [-0.3, -0.25) is 4.79 Å². The van der Waals surface area contributed by atoms with Crippen molar-refractivity contribution in [1.82, 2.24) is 5.32 Å². The van der Waals surface area contributed by atoms with Crippen molar-refractivity contribution in [3.8, 4) is 0 Å². The van der Waals surface area contributed by atoms with Gasteiger partial charge >= 0.3 is 0 Å². The Morgan fingerprint density at radius 1 is 1.28 bits per heavy atom. The largest absolute Gasteiger partial charge is 0.356 e. The number of halogens is 1. The van der Waals surface area contributed by atoms with Crippen LogP contribution in [0.15, 0.2) is 0 Å². The first-order valence-corrected chi connectivity index (χ1v) is 7.09. The van der Waals surface area contributed by atoms with Crippen LogP contribution < -0.4 is 11.1 Å². The summed E-state index contributed by atoms with van der Waals surface area (Å²) in [5.74, 6) is 0.892. The summed E-state index contributed by atoms with van der Waals surface area (Å²) in [4.78, 5) is 12.3. The zero-order valence-corrected chi connectivity index (χ0v) is 12.7. The molecule has 1 aliphatic rings. The molecule has 1 fully saturated rings. The van der Waals surface area contributed by atoms with Gasteiger partial charge in [-0.25, -0.2) is 0 Å². The van der Waals surface area contributed by atoms with Crippen LogP contribution in [-0.4, -0.2) is 19.0 Å². The number of rotatable bonds is 7. The summed E-state index contributed by atoms with van der Waals surface area (Å²) in [6.45, 7) is 5.92. The van der Waals surface area contributed by atoms with Crippen LogP contribution in [0.1, 0.15) is 58.8 Å². The van der Waals surface area contributed by atoms with Crippen molar-refractivity contribution in [2.24, 2.45) is 17.1 Å². The molecule has 0 bridgehead atoms. The predicted octanol–water partition coefficient (Wildman–Crippen LogP) is 2.87. The van der Waals surface area contributed by atoms with Crippen LogP contribution in [0, 0.1) is 11.3 Å². The molecule has 1 amide bonds. The van der Waals surface area contributed by atoms with Gasteiger partial charge in [0.2, 0.25) is 5.91 Å². The highest BCUT2D eigenvalue weighted by Crippen LogP contribution is 2.43. The van der Waals surface area contributed by atoms with Gasteiger partial charge in [0.1, 0.15) is 0 Å². The monoisotopic (exact) mass is 276 g/mol. The summed E-state index contributed by atoms with van der Waals surface area (Å²) in [5.41, 5.74) is 5.39. The third-order valence-corrected chi connectivity index (χ3v) is 3.76. The lowest BCUT2D eigenvalue weighted by Crippen LogP contribution is -2.40. The van der Waals surface area contributed by atoms with E-state index in [0.717, 1.165) is 38.6 Å². The number of carbonyl (C=O) groups excluding carboxylic acids is 1. The highest BCUT2D eigenvalue weighted by atomic mass is 35.5. The molecule has 0 heterocycles. The van der Waals surface area contributed by atoms with Gasteiger partial charge in [-0.05, 0) is 44.6 Å². The van der Waals surface area contributed by atoms with Crippen LogP contribution in [0.2, 0.25) is 0 Å². The lowest BCUT2D eigenvalue weighted by molar-refractivity contribution is -0.131. The minimum atomic E-state index is -0.0586. The van der Waals surface area contributed by atoms with Crippen molar-refractivity contribution in [1.29, 1.82) is 0 Å². The van der Waals surface area contributed by atoms with Crippen LogP contribution in [0.4, 0.5) is 0 Å². The minimum absolute atomic E-state index is 0. The fraction of sp³-hybridized carbons (Fsp3) is 0.929. The quantitative estimate of drug-likeness (QED) is 0.703. The third-order valence-electron chi connectivity index (χ3n) is 3.76. The van der Waals surface area contributed by atoms with E-state index in [4.69, 9.17) is 5.73 Å². The molecule has 108 valence electrons. The van der Waals surface area contributed by atoms with Gasteiger partial charge in [-0.2, -0.15) is 0 Å². The second kappa shape index (κ2) is 8.76. The minimum Gasteiger partial charge on any atom is -0.356 e. The van der Waals surface area contributed by atoms with Gasteiger partial charge < -0.3 is 11.1 Å². The molecular formula is C14H29ClN2O. The summed E-state index contributed by atoms with van der Waals surface area (Å²) >= 11 is 0. The number of amides is 1. The first kappa shape index (κ1) is 17.7. The Morgan fingerprint density at radius 3 is 2.39 bits per heavy atom. The summed E-state index contributed by atoms with van der Waals surface area (Å²) in [5, 5.41) is 3.11. The van der Waals surface area contributed by atoms with E-state index in [-0.39, 0.29) is 17.8 Å². The van der Waals surface area contributed by atoms with Gasteiger partial charge in [-0.15, -0.1) is 12.4 Å². The molecule has 0 saturated heterocycles. The Morgan fingerprint density at radius 2 is 1.89 bits per heavy atom. The van der Waals surface area contributed by atoms with E-state index in [2.05, 4.69) is 19.2 Å². The Kier molecular flexibility index (Phi) is 8.62. The number of nitrogens with two attached hydrogens (primary N) is 1. The third kappa shape index (κ3) is 5.15. The first-order chi connectivity index (χ1) is 8.10. The highest BCUT2D eigenvalue weighted by Gasteiger charge is 2.40. The molecule has 3 N–H and O–H groups in total. The van der Waals surface area contributed by atoms with E-state index in [1.165, 1.54) is 12.8 Å². The van der Waals surface area contributed by atoms with E-state index >= 15 is 0 Å². The normalized spacial score (nSPS) is 17.6. The number of nitrogens with one attached hydrogen (secondary N) is 1. The van der Waals surface area contributed by atoms with Gasteiger partial charge in [0, 0.05) is 12.0 Å². The first-order valence-electron chi connectivity index (χ1n) is 7.09. The van der Waals surface area contributed by atoms with E-state index < -0.39 is 0 Å². The molecule has 0 aromatic heterocycles. The van der Waals surface area contributed by atoms with Crippen LogP contribution in [-0.2, 0) is 4.79 Å². The smallest absolute Gasteiger partial charge is 0.226 e. The van der Waals surface area contributed by atoms with Crippen molar-refractivity contribution in [3.05, 3.63) is 0 Å². The Bertz CT molecular complexity index is 238. The SMILES string of the molecule is CC(C)CC1(C(=O)NCCCCN)CCCC1.Cl. The standard InChI is InChI=1S/C14H28N2O.ClH/c1-12(2)11-14(7-3-4-8-14)13(17)16-10-6-5-9-15;/h12H,3-11,15H2,1-2H3,(H,16,17);1H. The summed E-state index contributed by atoms with van der Waals surface area (Å²) in [6.07, 6.45) is 7.61. The molecule has 18 heavy (non-hydrogen) atoms. The van der Waals surface area contributed by atoms with Gasteiger partial charge in [-0.1, -0.05) is 26.7 Å². The lowest BCUT2D eigenvalue weighted by Gasteiger charge is -2.29. The van der Waals surface area contributed by atoms with Gasteiger partial charge in [0.25, 0.3) is 0 Å². The number of hydrogen-bond acceptors (Lipinski definition) is 2. The molecule has 0 radical (unpaired) electrons. The molecule has 1 saturated carbocycles. The van der Waals surface area contributed by atoms with Crippen molar-refractivity contribution in [3.63, 3.8) is 0 Å². The van der Waals surface area contributed by atoms with Crippen LogP contribution >= 0.6 is 12.4 Å². The Balaban J connectivity index is 0.00000289. The second-order valence-electron chi connectivity index (χ2n) is 5.84. The van der Waals surface area contributed by atoms with E-state index in [1.807, 2.05) is 0 Å². The average molecular weight is 277 g/mol. The van der Waals surface area contributed by atoms with E-state index in [0.29, 0.717) is 18.4 Å². The number of carbonyl (C=O) groups is 1. The van der Waals surface area contributed by atoms with Crippen molar-refractivity contribution < 1.29 is 4.79 Å². The number of hydrogen-bond donors (Lipinski definition) is 2. The molecule has 0 atom stereocenters.